The van der Waals surface area contributed by atoms with Gasteiger partial charge in [-0.2, -0.15) is 5.10 Å². The van der Waals surface area contributed by atoms with Crippen molar-refractivity contribution < 1.29 is 0 Å². The van der Waals surface area contributed by atoms with Crippen molar-refractivity contribution in [2.75, 3.05) is 13.1 Å². The van der Waals surface area contributed by atoms with Gasteiger partial charge in [-0.1, -0.05) is 18.2 Å². The zero-order chi connectivity index (χ0) is 19.0. The van der Waals surface area contributed by atoms with E-state index in [9.17, 15) is 0 Å². The third-order valence-electron chi connectivity index (χ3n) is 5.07. The first kappa shape index (κ1) is 18.1. The van der Waals surface area contributed by atoms with Crippen LogP contribution in [0.3, 0.4) is 0 Å². The van der Waals surface area contributed by atoms with Crippen molar-refractivity contribution in [1.29, 1.82) is 0 Å². The molecule has 1 N–H and O–H groups in total. The molecule has 0 atom stereocenters. The normalized spacial score (nSPS) is 18.5. The molecule has 2 aromatic rings. The number of benzene rings is 1. The lowest BCUT2D eigenvalue weighted by Gasteiger charge is -2.24. The molecule has 2 aliphatic heterocycles. The van der Waals surface area contributed by atoms with Gasteiger partial charge in [-0.3, -0.25) is 0 Å². The molecule has 0 bridgehead atoms. The van der Waals surface area contributed by atoms with Crippen LogP contribution in [0, 0.1) is 0 Å². The van der Waals surface area contributed by atoms with Gasteiger partial charge in [0, 0.05) is 17.7 Å². The van der Waals surface area contributed by atoms with Crippen LogP contribution in [0.25, 0.3) is 10.2 Å². The third kappa shape index (κ3) is 3.75. The maximum absolute atomic E-state index is 4.91. The Balaban J connectivity index is 1.68. The average Bonchev–Trinajstić information content (AvgIpc) is 3.09. The highest BCUT2D eigenvalue weighted by molar-refractivity contribution is 7.18. The van der Waals surface area contributed by atoms with Crippen LogP contribution in [-0.4, -0.2) is 28.8 Å². The highest BCUT2D eigenvalue weighted by Gasteiger charge is 2.20. The number of nitrogens with zero attached hydrogens (tertiary/aromatic N) is 3. The first-order chi connectivity index (χ1) is 13.0. The van der Waals surface area contributed by atoms with Gasteiger partial charge < -0.3 is 5.32 Å². The van der Waals surface area contributed by atoms with Gasteiger partial charge >= 0.3 is 0 Å². The summed E-state index contributed by atoms with van der Waals surface area (Å²) in [5.74, 6) is 0.595. The van der Waals surface area contributed by atoms with Gasteiger partial charge in [-0.25, -0.2) is 9.99 Å². The smallest absolute Gasteiger partial charge is 0.0970 e. The summed E-state index contributed by atoms with van der Waals surface area (Å²) in [6.45, 7) is 12.6. The van der Waals surface area contributed by atoms with Gasteiger partial charge in [0.2, 0.25) is 0 Å². The summed E-state index contributed by atoms with van der Waals surface area (Å²) in [5.41, 5.74) is 6.45. The molecule has 1 aromatic carbocycles. The predicted octanol–water partition coefficient (Wildman–Crippen LogP) is 5.17. The van der Waals surface area contributed by atoms with E-state index in [2.05, 4.69) is 56.9 Å². The molecular weight excluding hydrogens is 352 g/mol. The van der Waals surface area contributed by atoms with Gasteiger partial charge in [0.25, 0.3) is 0 Å². The molecule has 0 radical (unpaired) electrons. The second kappa shape index (κ2) is 7.41. The van der Waals surface area contributed by atoms with Crippen molar-refractivity contribution >= 4 is 27.3 Å². The quantitative estimate of drug-likeness (QED) is 0.801. The van der Waals surface area contributed by atoms with Crippen molar-refractivity contribution in [2.24, 2.45) is 5.10 Å². The molecule has 140 valence electrons. The number of aromatic nitrogens is 1. The lowest BCUT2D eigenvalue weighted by Crippen LogP contribution is -2.26. The summed E-state index contributed by atoms with van der Waals surface area (Å²) in [7, 11) is 0. The Bertz CT molecular complexity index is 969. The van der Waals surface area contributed by atoms with Crippen LogP contribution in [0.2, 0.25) is 0 Å². The standard InChI is InChI=1S/C22H26N4S/c1-14(2)13-26-16(4)15(3)11-20(25-26)18-5-6-19-21(12-18)27-22(24-19)17-7-9-23-10-8-17/h5-6,11-13,17,23H,4,7-10H2,1-3H3. The molecule has 1 aromatic heterocycles. The molecule has 1 saturated heterocycles. The van der Waals surface area contributed by atoms with Gasteiger partial charge in [0.15, 0.2) is 0 Å². The summed E-state index contributed by atoms with van der Waals surface area (Å²) in [4.78, 5) is 4.91. The monoisotopic (exact) mass is 378 g/mol. The largest absolute Gasteiger partial charge is 0.317 e. The van der Waals surface area contributed by atoms with E-state index >= 15 is 0 Å². The van der Waals surface area contributed by atoms with E-state index in [0.29, 0.717) is 5.92 Å². The fourth-order valence-electron chi connectivity index (χ4n) is 3.51. The van der Waals surface area contributed by atoms with E-state index in [1.165, 1.54) is 28.1 Å². The van der Waals surface area contributed by atoms with Crippen LogP contribution in [0.15, 0.2) is 59.0 Å². The minimum Gasteiger partial charge on any atom is -0.317 e. The predicted molar refractivity (Wildman–Crippen MR) is 115 cm³/mol. The van der Waals surface area contributed by atoms with E-state index in [0.717, 1.165) is 41.2 Å². The van der Waals surface area contributed by atoms with Crippen molar-refractivity contribution in [3.05, 3.63) is 64.5 Å². The summed E-state index contributed by atoms with van der Waals surface area (Å²) < 4.78 is 1.24. The maximum Gasteiger partial charge on any atom is 0.0970 e. The number of fused-ring (bicyclic) bond motifs is 1. The molecule has 4 rings (SSSR count). The van der Waals surface area contributed by atoms with E-state index in [4.69, 9.17) is 10.1 Å². The van der Waals surface area contributed by atoms with Gasteiger partial charge in [0.1, 0.15) is 0 Å². The number of hydrogen-bond acceptors (Lipinski definition) is 5. The summed E-state index contributed by atoms with van der Waals surface area (Å²) >= 11 is 1.84. The zero-order valence-electron chi connectivity index (χ0n) is 16.2. The second-order valence-electron chi connectivity index (χ2n) is 7.57. The van der Waals surface area contributed by atoms with Gasteiger partial charge in [-0.15, -0.1) is 11.3 Å². The van der Waals surface area contributed by atoms with Crippen LogP contribution >= 0.6 is 11.3 Å². The molecule has 0 aliphatic carbocycles. The average molecular weight is 379 g/mol. The van der Waals surface area contributed by atoms with Crippen LogP contribution in [0.1, 0.15) is 50.1 Å². The first-order valence-electron chi connectivity index (χ1n) is 9.53. The van der Waals surface area contributed by atoms with Crippen molar-refractivity contribution in [3.8, 4) is 0 Å². The van der Waals surface area contributed by atoms with E-state index in [-0.39, 0.29) is 0 Å². The number of hydrazone groups is 1. The number of piperidine rings is 1. The van der Waals surface area contributed by atoms with Crippen LogP contribution in [-0.2, 0) is 0 Å². The zero-order valence-corrected chi connectivity index (χ0v) is 17.1. The minimum atomic E-state index is 0.595. The molecule has 0 spiro atoms. The molecule has 1 fully saturated rings. The molecule has 0 unspecified atom stereocenters. The molecule has 27 heavy (non-hydrogen) atoms. The maximum atomic E-state index is 4.91. The summed E-state index contributed by atoms with van der Waals surface area (Å²) in [6, 6.07) is 6.49. The highest BCUT2D eigenvalue weighted by atomic mass is 32.1. The molecule has 4 nitrogen and oxygen atoms in total. The molecule has 2 aliphatic rings. The van der Waals surface area contributed by atoms with Gasteiger partial charge in [-0.05, 0) is 70.5 Å². The summed E-state index contributed by atoms with van der Waals surface area (Å²) in [5, 5.41) is 11.4. The molecule has 0 saturated carbocycles. The third-order valence-corrected chi connectivity index (χ3v) is 6.25. The number of hydrogen-bond donors (Lipinski definition) is 1. The number of nitrogens with one attached hydrogen (secondary N) is 1. The Morgan fingerprint density at radius 3 is 2.81 bits per heavy atom. The van der Waals surface area contributed by atoms with E-state index in [1.54, 1.807) is 0 Å². The Morgan fingerprint density at radius 2 is 2.07 bits per heavy atom. The van der Waals surface area contributed by atoms with Crippen LogP contribution in [0.4, 0.5) is 0 Å². The van der Waals surface area contributed by atoms with E-state index < -0.39 is 0 Å². The van der Waals surface area contributed by atoms with Crippen molar-refractivity contribution in [1.82, 2.24) is 15.3 Å². The second-order valence-corrected chi connectivity index (χ2v) is 8.63. The number of thiazole rings is 1. The highest BCUT2D eigenvalue weighted by Crippen LogP contribution is 2.33. The number of allylic oxidation sites excluding steroid dienone is 3. The lowest BCUT2D eigenvalue weighted by atomic mass is 9.99. The topological polar surface area (TPSA) is 40.5 Å². The van der Waals surface area contributed by atoms with E-state index in [1.807, 2.05) is 22.5 Å². The minimum absolute atomic E-state index is 0.595. The van der Waals surface area contributed by atoms with Crippen molar-refractivity contribution in [3.63, 3.8) is 0 Å². The molecule has 3 heterocycles. The molecular formula is C22H26N4S. The SMILES string of the molecule is C=C1C(C)=CC(c2ccc3nc(C4CCNCC4)sc3c2)=NN1C=C(C)C. The Hall–Kier alpha value is -2.24. The molecule has 0 amide bonds. The first-order valence-corrected chi connectivity index (χ1v) is 10.3. The number of rotatable bonds is 3. The Labute approximate surface area is 165 Å². The summed E-state index contributed by atoms with van der Waals surface area (Å²) in [6.07, 6.45) is 6.51. The van der Waals surface area contributed by atoms with Crippen LogP contribution < -0.4 is 5.32 Å². The van der Waals surface area contributed by atoms with Crippen molar-refractivity contribution in [2.45, 2.75) is 39.5 Å². The molecule has 5 heteroatoms. The van der Waals surface area contributed by atoms with Gasteiger partial charge in [0.05, 0.1) is 26.6 Å². The Morgan fingerprint density at radius 1 is 1.30 bits per heavy atom. The Kier molecular flexibility index (Phi) is 4.98. The fraction of sp³-hybridized carbons (Fsp3) is 0.364. The fourth-order valence-corrected chi connectivity index (χ4v) is 4.69. The van der Waals surface area contributed by atoms with Crippen LogP contribution in [0.5, 0.6) is 0 Å². The lowest BCUT2D eigenvalue weighted by molar-refractivity contribution is 0.459.